The summed E-state index contributed by atoms with van der Waals surface area (Å²) in [5.41, 5.74) is 4.58. The second kappa shape index (κ2) is 7.37. The van der Waals surface area contributed by atoms with Crippen molar-refractivity contribution in [3.63, 3.8) is 0 Å². The van der Waals surface area contributed by atoms with Gasteiger partial charge in [0.1, 0.15) is 11.2 Å². The van der Waals surface area contributed by atoms with Gasteiger partial charge in [0.05, 0.1) is 11.2 Å². The largest absolute Gasteiger partial charge is 0.480 e. The minimum Gasteiger partial charge on any atom is -0.480 e. The topological polar surface area (TPSA) is 121 Å². The second-order valence-corrected chi connectivity index (χ2v) is 10.1. The van der Waals surface area contributed by atoms with Crippen LogP contribution >= 0.6 is 0 Å². The summed E-state index contributed by atoms with van der Waals surface area (Å²) < 4.78 is 12.4. The van der Waals surface area contributed by atoms with Crippen molar-refractivity contribution >= 4 is 28.9 Å². The number of carboxylic acid groups (broad SMARTS) is 1. The van der Waals surface area contributed by atoms with Gasteiger partial charge in [-0.1, -0.05) is 18.2 Å². The van der Waals surface area contributed by atoms with Gasteiger partial charge in [-0.15, -0.1) is 0 Å². The van der Waals surface area contributed by atoms with E-state index < -0.39 is 40.7 Å². The molecule has 0 spiro atoms. The Morgan fingerprint density at radius 2 is 1.65 bits per heavy atom. The smallest absolute Gasteiger partial charge is 0.419 e. The Hall–Kier alpha value is -2.87. The molecule has 1 heterocycles. The zero-order valence-electron chi connectivity index (χ0n) is 18.8. The first-order valence-corrected chi connectivity index (χ1v) is 10.2. The number of para-hydroxylation sites is 1. The summed E-state index contributed by atoms with van der Waals surface area (Å²) >= 11 is 0. The first-order chi connectivity index (χ1) is 14.2. The van der Waals surface area contributed by atoms with Crippen LogP contribution in [0.1, 0.15) is 65.3 Å². The maximum Gasteiger partial charge on any atom is 0.419 e. The van der Waals surface area contributed by atoms with E-state index in [1.54, 1.807) is 65.8 Å². The van der Waals surface area contributed by atoms with Crippen LogP contribution in [0.5, 0.6) is 0 Å². The fraction of sp³-hybridized carbons (Fsp3) is 0.522. The molecule has 0 bridgehead atoms. The third kappa shape index (κ3) is 4.17. The van der Waals surface area contributed by atoms with Gasteiger partial charge in [-0.05, 0) is 59.6 Å². The Morgan fingerprint density at radius 3 is 2.19 bits per heavy atom. The molecule has 8 heteroatoms. The number of ether oxygens (including phenoxy) is 2. The number of hydrogen-bond donors (Lipinski definition) is 2. The van der Waals surface area contributed by atoms with Gasteiger partial charge < -0.3 is 20.3 Å². The number of aliphatic carboxylic acids is 1. The Morgan fingerprint density at radius 1 is 1.06 bits per heavy atom. The van der Waals surface area contributed by atoms with E-state index in [4.69, 9.17) is 15.2 Å². The van der Waals surface area contributed by atoms with Gasteiger partial charge in [-0.3, -0.25) is 9.59 Å². The molecule has 1 aromatic carbocycles. The predicted molar refractivity (Wildman–Crippen MR) is 115 cm³/mol. The first kappa shape index (κ1) is 22.8. The SMILES string of the molecule is CC(C)(C)OC(=O)n1c2c(c3ccccc31)C[C@](C(=O)O)(C(=O)OC(C)(C)C)C[C@H]2N. The molecule has 1 aliphatic carbocycles. The highest BCUT2D eigenvalue weighted by Gasteiger charge is 2.54. The van der Waals surface area contributed by atoms with E-state index in [1.807, 2.05) is 0 Å². The van der Waals surface area contributed by atoms with Gasteiger partial charge in [0.2, 0.25) is 0 Å². The Balaban J connectivity index is 2.20. The average Bonchev–Trinajstić information content (AvgIpc) is 2.93. The highest BCUT2D eigenvalue weighted by molar-refractivity contribution is 6.02. The number of rotatable bonds is 2. The normalized spacial score (nSPS) is 21.5. The van der Waals surface area contributed by atoms with E-state index in [-0.39, 0.29) is 12.8 Å². The summed E-state index contributed by atoms with van der Waals surface area (Å²) in [6, 6.07) is 6.22. The lowest BCUT2D eigenvalue weighted by atomic mass is 9.70. The molecule has 1 aromatic heterocycles. The molecule has 2 aromatic rings. The van der Waals surface area contributed by atoms with Crippen LogP contribution in [0, 0.1) is 5.41 Å². The fourth-order valence-electron chi connectivity index (χ4n) is 4.03. The number of carboxylic acids is 1. The van der Waals surface area contributed by atoms with Crippen molar-refractivity contribution in [2.75, 3.05) is 0 Å². The predicted octanol–water partition coefficient (Wildman–Crippen LogP) is 3.78. The summed E-state index contributed by atoms with van der Waals surface area (Å²) in [6.07, 6.45) is -0.916. The second-order valence-electron chi connectivity index (χ2n) is 10.1. The minimum atomic E-state index is -1.84. The van der Waals surface area contributed by atoms with Crippen LogP contribution in [0.25, 0.3) is 10.9 Å². The number of carbonyl (C=O) groups excluding carboxylic acids is 2. The summed E-state index contributed by atoms with van der Waals surface area (Å²) in [5, 5.41) is 10.7. The molecule has 0 amide bonds. The number of aromatic nitrogens is 1. The van der Waals surface area contributed by atoms with Gasteiger partial charge >= 0.3 is 18.0 Å². The van der Waals surface area contributed by atoms with Gasteiger partial charge in [-0.2, -0.15) is 0 Å². The van der Waals surface area contributed by atoms with E-state index in [0.29, 0.717) is 22.2 Å². The molecule has 31 heavy (non-hydrogen) atoms. The zero-order chi connectivity index (χ0) is 23.4. The summed E-state index contributed by atoms with van der Waals surface area (Å²) in [6.45, 7) is 10.3. The van der Waals surface area contributed by atoms with E-state index >= 15 is 0 Å². The summed E-state index contributed by atoms with van der Waals surface area (Å²) in [5.74, 6) is -2.13. The van der Waals surface area contributed by atoms with Gasteiger partial charge in [0.25, 0.3) is 0 Å². The molecule has 2 atom stereocenters. The Bertz CT molecular complexity index is 1060. The summed E-state index contributed by atoms with van der Waals surface area (Å²) in [4.78, 5) is 38.5. The van der Waals surface area contributed by atoms with Crippen LogP contribution in [0.2, 0.25) is 0 Å². The molecular formula is C23H30N2O6. The van der Waals surface area contributed by atoms with Crippen molar-refractivity contribution in [3.8, 4) is 0 Å². The first-order valence-electron chi connectivity index (χ1n) is 10.2. The molecule has 0 radical (unpaired) electrons. The molecule has 1 aliphatic rings. The quantitative estimate of drug-likeness (QED) is 0.549. The van der Waals surface area contributed by atoms with Crippen molar-refractivity contribution in [2.45, 2.75) is 71.6 Å². The third-order valence-electron chi connectivity index (χ3n) is 5.19. The number of esters is 1. The maximum atomic E-state index is 13.0. The van der Waals surface area contributed by atoms with Crippen molar-refractivity contribution < 1.29 is 29.0 Å². The average molecular weight is 431 g/mol. The highest BCUT2D eigenvalue weighted by atomic mass is 16.6. The van der Waals surface area contributed by atoms with Crippen molar-refractivity contribution in [1.29, 1.82) is 0 Å². The lowest BCUT2D eigenvalue weighted by molar-refractivity contribution is -0.178. The molecule has 0 saturated heterocycles. The number of nitrogens with zero attached hydrogens (tertiary/aromatic N) is 1. The van der Waals surface area contributed by atoms with Crippen LogP contribution < -0.4 is 5.73 Å². The molecule has 3 rings (SSSR count). The maximum absolute atomic E-state index is 13.0. The monoisotopic (exact) mass is 430 g/mol. The van der Waals surface area contributed by atoms with Crippen molar-refractivity contribution in [2.24, 2.45) is 11.1 Å². The van der Waals surface area contributed by atoms with E-state index in [1.165, 1.54) is 4.57 Å². The number of hydrogen-bond acceptors (Lipinski definition) is 6. The molecular weight excluding hydrogens is 400 g/mol. The Labute approximate surface area is 181 Å². The molecule has 168 valence electrons. The Kier molecular flexibility index (Phi) is 5.42. The van der Waals surface area contributed by atoms with Crippen LogP contribution in [-0.2, 0) is 25.5 Å². The van der Waals surface area contributed by atoms with Gasteiger partial charge in [0, 0.05) is 17.8 Å². The van der Waals surface area contributed by atoms with Crippen LogP contribution in [0.4, 0.5) is 4.79 Å². The molecule has 8 nitrogen and oxygen atoms in total. The number of fused-ring (bicyclic) bond motifs is 3. The molecule has 0 aliphatic heterocycles. The number of nitrogens with two attached hydrogens (primary N) is 1. The number of carbonyl (C=O) groups is 3. The fourth-order valence-corrected chi connectivity index (χ4v) is 4.03. The molecule has 0 unspecified atom stereocenters. The van der Waals surface area contributed by atoms with E-state index in [0.717, 1.165) is 0 Å². The van der Waals surface area contributed by atoms with Crippen molar-refractivity contribution in [3.05, 3.63) is 35.5 Å². The summed E-state index contributed by atoms with van der Waals surface area (Å²) in [7, 11) is 0. The molecule has 3 N–H and O–H groups in total. The van der Waals surface area contributed by atoms with Crippen LogP contribution in [0.3, 0.4) is 0 Å². The van der Waals surface area contributed by atoms with Crippen molar-refractivity contribution in [1.82, 2.24) is 4.57 Å². The number of benzene rings is 1. The van der Waals surface area contributed by atoms with Gasteiger partial charge in [-0.25, -0.2) is 9.36 Å². The highest BCUT2D eigenvalue weighted by Crippen LogP contribution is 2.46. The zero-order valence-corrected chi connectivity index (χ0v) is 18.8. The molecule has 0 saturated carbocycles. The standard InChI is InChI=1S/C23H30N2O6/c1-21(2,3)30-19(28)23(18(26)27)11-14-13-9-7-8-10-16(13)25(17(14)15(24)12-23)20(29)31-22(4,5)6/h7-10,15H,11-12,24H2,1-6H3,(H,26,27)/t15-,23+/m1/s1. The van der Waals surface area contributed by atoms with E-state index in [2.05, 4.69) is 0 Å². The lowest BCUT2D eigenvalue weighted by Gasteiger charge is -2.37. The minimum absolute atomic E-state index is 0.128. The van der Waals surface area contributed by atoms with Gasteiger partial charge in [0.15, 0.2) is 5.41 Å². The van der Waals surface area contributed by atoms with E-state index in [9.17, 15) is 19.5 Å². The van der Waals surface area contributed by atoms with Crippen LogP contribution in [0.15, 0.2) is 24.3 Å². The van der Waals surface area contributed by atoms with Crippen LogP contribution in [-0.4, -0.2) is 38.9 Å². The molecule has 0 fully saturated rings. The lowest BCUT2D eigenvalue weighted by Crippen LogP contribution is -2.49. The third-order valence-corrected chi connectivity index (χ3v) is 5.19.